The highest BCUT2D eigenvalue weighted by molar-refractivity contribution is 5.69. The molecule has 0 aliphatic carbocycles. The van der Waals surface area contributed by atoms with Crippen LogP contribution in [0.2, 0.25) is 0 Å². The van der Waals surface area contributed by atoms with Gasteiger partial charge >= 0.3 is 11.9 Å². The third kappa shape index (κ3) is 2.11. The first kappa shape index (κ1) is 14.3. The molecule has 7 nitrogen and oxygen atoms in total. The molecule has 1 atom stereocenters. The molecule has 2 heterocycles. The second-order valence-corrected chi connectivity index (χ2v) is 4.33. The van der Waals surface area contributed by atoms with Crippen LogP contribution in [0.4, 0.5) is 13.2 Å². The number of aliphatic hydroxyl groups is 1. The van der Waals surface area contributed by atoms with Gasteiger partial charge in [-0.15, -0.1) is 0 Å². The number of fused-ring (bicyclic) bond motifs is 1. The predicted octanol–water partition coefficient (Wildman–Crippen LogP) is -0.643. The summed E-state index contributed by atoms with van der Waals surface area (Å²) in [5, 5.41) is 9.05. The molecular weight excluding hydrogens is 281 g/mol. The molecule has 0 saturated carbocycles. The van der Waals surface area contributed by atoms with Crippen LogP contribution in [0.15, 0.2) is 15.9 Å². The molecule has 0 spiro atoms. The number of imidazole rings is 1. The molecule has 0 saturated heterocycles. The van der Waals surface area contributed by atoms with Crippen LogP contribution in [-0.2, 0) is 20.6 Å². The fourth-order valence-electron chi connectivity index (χ4n) is 1.83. The van der Waals surface area contributed by atoms with E-state index in [2.05, 4.69) is 4.98 Å². The van der Waals surface area contributed by atoms with Crippen LogP contribution in [0.25, 0.3) is 11.2 Å². The lowest BCUT2D eigenvalue weighted by Crippen LogP contribution is -2.38. The van der Waals surface area contributed by atoms with Gasteiger partial charge in [-0.2, -0.15) is 13.2 Å². The fraction of sp³-hybridized carbons (Fsp3) is 0.500. The summed E-state index contributed by atoms with van der Waals surface area (Å²) in [4.78, 5) is 27.3. The number of hydrogen-bond acceptors (Lipinski definition) is 4. The average Bonchev–Trinajstić information content (AvgIpc) is 2.76. The first-order valence-electron chi connectivity index (χ1n) is 5.50. The zero-order valence-electron chi connectivity index (χ0n) is 10.5. The highest BCUT2D eigenvalue weighted by atomic mass is 19.4. The molecule has 20 heavy (non-hydrogen) atoms. The minimum absolute atomic E-state index is 0.0347. The molecule has 0 amide bonds. The largest absolute Gasteiger partial charge is 0.416 e. The second-order valence-electron chi connectivity index (χ2n) is 4.33. The number of aromatic nitrogens is 4. The lowest BCUT2D eigenvalue weighted by Gasteiger charge is -2.15. The smallest absolute Gasteiger partial charge is 0.382 e. The highest BCUT2D eigenvalue weighted by Crippen LogP contribution is 2.21. The molecular formula is C10H11F3N4O3. The maximum Gasteiger partial charge on any atom is 0.416 e. The number of aliphatic hydroxyl groups excluding tert-OH is 1. The molecule has 10 heteroatoms. The number of nitrogens with zero attached hydrogens (tertiary/aromatic N) is 4. The SMILES string of the molecule is Cn1c(=O)c2c(ncn2C[C@H](O)C(F)(F)F)n(C)c1=O. The van der Waals surface area contributed by atoms with Crippen molar-refractivity contribution in [1.29, 1.82) is 0 Å². The van der Waals surface area contributed by atoms with Crippen LogP contribution in [0.3, 0.4) is 0 Å². The topological polar surface area (TPSA) is 82.0 Å². The van der Waals surface area contributed by atoms with Crippen LogP contribution in [-0.4, -0.2) is 36.1 Å². The Balaban J connectivity index is 2.64. The Kier molecular flexibility index (Phi) is 3.20. The Morgan fingerprint density at radius 3 is 2.45 bits per heavy atom. The van der Waals surface area contributed by atoms with Gasteiger partial charge < -0.3 is 9.67 Å². The van der Waals surface area contributed by atoms with Crippen molar-refractivity contribution in [3.63, 3.8) is 0 Å². The van der Waals surface area contributed by atoms with Crippen molar-refractivity contribution in [2.24, 2.45) is 14.1 Å². The lowest BCUT2D eigenvalue weighted by atomic mass is 10.3. The van der Waals surface area contributed by atoms with E-state index in [1.54, 1.807) is 0 Å². The number of rotatable bonds is 2. The van der Waals surface area contributed by atoms with Gasteiger partial charge in [-0.25, -0.2) is 9.78 Å². The van der Waals surface area contributed by atoms with E-state index in [4.69, 9.17) is 5.11 Å². The van der Waals surface area contributed by atoms with Gasteiger partial charge in [0.25, 0.3) is 5.56 Å². The summed E-state index contributed by atoms with van der Waals surface area (Å²) in [6.45, 7) is -0.868. The van der Waals surface area contributed by atoms with E-state index in [-0.39, 0.29) is 11.2 Å². The summed E-state index contributed by atoms with van der Waals surface area (Å²) in [6.07, 6.45) is -6.44. The minimum Gasteiger partial charge on any atom is -0.382 e. The monoisotopic (exact) mass is 292 g/mol. The van der Waals surface area contributed by atoms with E-state index in [0.717, 1.165) is 20.0 Å². The minimum atomic E-state index is -4.80. The van der Waals surface area contributed by atoms with E-state index >= 15 is 0 Å². The molecule has 0 aliphatic heterocycles. The Hall–Kier alpha value is -2.10. The summed E-state index contributed by atoms with van der Waals surface area (Å²) in [6, 6.07) is 0. The molecule has 0 aliphatic rings. The molecule has 0 aromatic carbocycles. The van der Waals surface area contributed by atoms with Crippen LogP contribution >= 0.6 is 0 Å². The molecule has 0 fully saturated rings. The molecule has 0 unspecified atom stereocenters. The van der Waals surface area contributed by atoms with Gasteiger partial charge in [0.05, 0.1) is 12.9 Å². The molecule has 2 aromatic rings. The average molecular weight is 292 g/mol. The van der Waals surface area contributed by atoms with Gasteiger partial charge in [0.15, 0.2) is 17.3 Å². The normalized spacial score (nSPS) is 13.9. The van der Waals surface area contributed by atoms with Crippen LogP contribution in [0.5, 0.6) is 0 Å². The standard InChI is InChI=1S/C10H11F3N4O3/c1-15-7-6(8(19)16(2)9(15)20)17(4-14-7)3-5(18)10(11,12)13/h4-5,18H,3H2,1-2H3/t5-/m0/s1. The van der Waals surface area contributed by atoms with Gasteiger partial charge in [0, 0.05) is 14.1 Å². The van der Waals surface area contributed by atoms with Crippen molar-refractivity contribution >= 4 is 11.2 Å². The van der Waals surface area contributed by atoms with Gasteiger partial charge in [-0.1, -0.05) is 0 Å². The van der Waals surface area contributed by atoms with E-state index in [0.29, 0.717) is 0 Å². The Labute approximate surface area is 109 Å². The van der Waals surface area contributed by atoms with Crippen LogP contribution < -0.4 is 11.2 Å². The zero-order valence-corrected chi connectivity index (χ0v) is 10.5. The number of hydrogen-bond donors (Lipinski definition) is 1. The first-order valence-corrected chi connectivity index (χ1v) is 5.50. The van der Waals surface area contributed by atoms with Crippen molar-refractivity contribution in [2.45, 2.75) is 18.8 Å². The molecule has 2 aromatic heterocycles. The maximum absolute atomic E-state index is 12.3. The Morgan fingerprint density at radius 1 is 1.30 bits per heavy atom. The number of aryl methyl sites for hydroxylation is 1. The molecule has 110 valence electrons. The Morgan fingerprint density at radius 2 is 1.90 bits per heavy atom. The van der Waals surface area contributed by atoms with Gasteiger partial charge in [0.2, 0.25) is 0 Å². The van der Waals surface area contributed by atoms with Crippen molar-refractivity contribution in [3.8, 4) is 0 Å². The van der Waals surface area contributed by atoms with Crippen molar-refractivity contribution in [2.75, 3.05) is 0 Å². The summed E-state index contributed by atoms with van der Waals surface area (Å²) < 4.78 is 39.7. The van der Waals surface area contributed by atoms with Crippen molar-refractivity contribution in [1.82, 2.24) is 18.7 Å². The Bertz CT molecular complexity index is 771. The van der Waals surface area contributed by atoms with Gasteiger partial charge in [-0.05, 0) is 0 Å². The van der Waals surface area contributed by atoms with E-state index < -0.39 is 30.1 Å². The summed E-state index contributed by atoms with van der Waals surface area (Å²) in [5.74, 6) is 0. The van der Waals surface area contributed by atoms with E-state index in [1.165, 1.54) is 14.1 Å². The fourth-order valence-corrected chi connectivity index (χ4v) is 1.83. The molecule has 0 radical (unpaired) electrons. The second kappa shape index (κ2) is 4.47. The number of halogens is 3. The van der Waals surface area contributed by atoms with Crippen molar-refractivity contribution < 1.29 is 18.3 Å². The highest BCUT2D eigenvalue weighted by Gasteiger charge is 2.38. The first-order chi connectivity index (χ1) is 9.14. The zero-order chi connectivity index (χ0) is 15.2. The van der Waals surface area contributed by atoms with Crippen LogP contribution in [0.1, 0.15) is 0 Å². The van der Waals surface area contributed by atoms with E-state index in [1.807, 2.05) is 0 Å². The molecule has 1 N–H and O–H groups in total. The maximum atomic E-state index is 12.3. The number of alkyl halides is 3. The summed E-state index contributed by atoms with van der Waals surface area (Å²) in [7, 11) is 2.56. The van der Waals surface area contributed by atoms with Gasteiger partial charge in [0.1, 0.15) is 0 Å². The predicted molar refractivity (Wildman–Crippen MR) is 62.3 cm³/mol. The summed E-state index contributed by atoms with van der Waals surface area (Å²) in [5.41, 5.74) is -1.61. The molecule has 2 rings (SSSR count). The third-order valence-corrected chi connectivity index (χ3v) is 2.96. The van der Waals surface area contributed by atoms with E-state index in [9.17, 15) is 22.8 Å². The quantitative estimate of drug-likeness (QED) is 0.798. The van der Waals surface area contributed by atoms with Crippen LogP contribution in [0, 0.1) is 0 Å². The van der Waals surface area contributed by atoms with Crippen molar-refractivity contribution in [3.05, 3.63) is 27.2 Å². The molecule has 0 bridgehead atoms. The lowest BCUT2D eigenvalue weighted by molar-refractivity contribution is -0.207. The van der Waals surface area contributed by atoms with Gasteiger partial charge in [-0.3, -0.25) is 13.9 Å². The summed E-state index contributed by atoms with van der Waals surface area (Å²) >= 11 is 0. The third-order valence-electron chi connectivity index (χ3n) is 2.96.